The highest BCUT2D eigenvalue weighted by atomic mass is 16.5. The molecule has 140 valence electrons. The number of carbonyl (C=O) groups is 3. The van der Waals surface area contributed by atoms with Crippen molar-refractivity contribution >= 4 is 17.7 Å². The number of Topliss-reactive ketones (excluding diaryl/α,β-unsaturated/α-hetero) is 1. The monoisotopic (exact) mass is 361 g/mol. The smallest absolute Gasteiger partial charge is 0.342 e. The van der Waals surface area contributed by atoms with E-state index in [1.165, 1.54) is 6.92 Å². The number of hydrogen-bond donors (Lipinski definition) is 1. The Morgan fingerprint density at radius 2 is 1.81 bits per heavy atom. The maximum atomic E-state index is 12.7. The summed E-state index contributed by atoms with van der Waals surface area (Å²) >= 11 is 0. The molecule has 2 rings (SSSR count). The third-order valence-corrected chi connectivity index (χ3v) is 4.08. The number of hydrogen-bond acceptors (Lipinski definition) is 6. The van der Waals surface area contributed by atoms with Crippen molar-refractivity contribution in [1.82, 2.24) is 4.98 Å². The van der Waals surface area contributed by atoms with Crippen LogP contribution in [0.5, 0.6) is 0 Å². The van der Waals surface area contributed by atoms with Crippen LogP contribution in [0.2, 0.25) is 0 Å². The number of aromatic nitrogens is 1. The third kappa shape index (κ3) is 3.71. The second-order valence-electron chi connectivity index (χ2n) is 6.08. The van der Waals surface area contributed by atoms with Crippen LogP contribution in [0.15, 0.2) is 10.5 Å². The highest BCUT2D eigenvalue weighted by Gasteiger charge is 2.28. The first kappa shape index (κ1) is 19.5. The van der Waals surface area contributed by atoms with Gasteiger partial charge in [0.1, 0.15) is 17.1 Å². The molecule has 0 saturated carbocycles. The summed E-state index contributed by atoms with van der Waals surface area (Å²) in [4.78, 5) is 39.9. The molecular formula is C19H23NO6. The minimum atomic E-state index is -1.02. The number of ether oxygens (including phenoxy) is 2. The quantitative estimate of drug-likeness (QED) is 0.625. The first-order valence-electron chi connectivity index (χ1n) is 8.35. The van der Waals surface area contributed by atoms with Crippen LogP contribution >= 0.6 is 0 Å². The van der Waals surface area contributed by atoms with Crippen molar-refractivity contribution in [2.45, 2.75) is 47.6 Å². The molecule has 26 heavy (non-hydrogen) atoms. The van der Waals surface area contributed by atoms with E-state index >= 15 is 0 Å². The van der Waals surface area contributed by atoms with Crippen molar-refractivity contribution in [2.75, 3.05) is 6.61 Å². The Balaban J connectivity index is 2.21. The lowest BCUT2D eigenvalue weighted by molar-refractivity contribution is 0.0315. The van der Waals surface area contributed by atoms with E-state index < -0.39 is 23.8 Å². The van der Waals surface area contributed by atoms with Crippen molar-refractivity contribution in [1.29, 1.82) is 0 Å². The normalized spacial score (nSPS) is 11.9. The average Bonchev–Trinajstić information content (AvgIpc) is 3.05. The maximum Gasteiger partial charge on any atom is 0.342 e. The third-order valence-electron chi connectivity index (χ3n) is 4.08. The Morgan fingerprint density at radius 1 is 1.15 bits per heavy atom. The fourth-order valence-corrected chi connectivity index (χ4v) is 2.82. The lowest BCUT2D eigenvalue weighted by Gasteiger charge is -2.12. The summed E-state index contributed by atoms with van der Waals surface area (Å²) in [7, 11) is 0. The summed E-state index contributed by atoms with van der Waals surface area (Å²) in [6, 6.07) is 1.57. The zero-order valence-electron chi connectivity index (χ0n) is 15.8. The number of H-pyrrole nitrogens is 1. The van der Waals surface area contributed by atoms with E-state index in [0.717, 1.165) is 0 Å². The molecule has 0 bridgehead atoms. The molecule has 0 amide bonds. The van der Waals surface area contributed by atoms with E-state index in [2.05, 4.69) is 4.98 Å². The second kappa shape index (κ2) is 7.59. The number of aryl methyl sites for hydroxylation is 3. The van der Waals surface area contributed by atoms with Crippen molar-refractivity contribution in [3.05, 3.63) is 45.7 Å². The Bertz CT molecular complexity index is 858. The molecule has 1 unspecified atom stereocenters. The number of carbonyl (C=O) groups excluding carboxylic acids is 3. The fraction of sp³-hybridized carbons (Fsp3) is 0.421. The van der Waals surface area contributed by atoms with Crippen molar-refractivity contribution in [3.8, 4) is 0 Å². The Labute approximate surface area is 151 Å². The van der Waals surface area contributed by atoms with Crippen LogP contribution in [-0.2, 0) is 9.47 Å². The van der Waals surface area contributed by atoms with Gasteiger partial charge >= 0.3 is 11.9 Å². The molecule has 7 heteroatoms. The highest BCUT2D eigenvalue weighted by molar-refractivity contribution is 6.04. The topological polar surface area (TPSA) is 98.6 Å². The van der Waals surface area contributed by atoms with Gasteiger partial charge in [0.2, 0.25) is 5.78 Å². The van der Waals surface area contributed by atoms with E-state index in [1.807, 2.05) is 0 Å². The van der Waals surface area contributed by atoms with Crippen LogP contribution in [0.4, 0.5) is 0 Å². The van der Waals surface area contributed by atoms with Gasteiger partial charge < -0.3 is 18.9 Å². The zero-order chi connectivity index (χ0) is 19.6. The highest BCUT2D eigenvalue weighted by Crippen LogP contribution is 2.22. The molecule has 1 atom stereocenters. The molecule has 0 spiro atoms. The number of ketones is 1. The van der Waals surface area contributed by atoms with Gasteiger partial charge in [-0.15, -0.1) is 0 Å². The van der Waals surface area contributed by atoms with Crippen LogP contribution < -0.4 is 0 Å². The molecule has 0 aliphatic carbocycles. The molecule has 0 fully saturated rings. The van der Waals surface area contributed by atoms with E-state index in [4.69, 9.17) is 13.9 Å². The number of esters is 2. The van der Waals surface area contributed by atoms with Gasteiger partial charge in [0.15, 0.2) is 6.10 Å². The van der Waals surface area contributed by atoms with E-state index in [9.17, 15) is 14.4 Å². The molecule has 0 aromatic carbocycles. The van der Waals surface area contributed by atoms with Crippen molar-refractivity contribution in [3.63, 3.8) is 0 Å². The van der Waals surface area contributed by atoms with Gasteiger partial charge in [0, 0.05) is 5.69 Å². The van der Waals surface area contributed by atoms with Crippen molar-refractivity contribution < 1.29 is 28.3 Å². The van der Waals surface area contributed by atoms with Crippen LogP contribution in [0, 0.1) is 27.7 Å². The first-order valence-corrected chi connectivity index (χ1v) is 8.35. The second-order valence-corrected chi connectivity index (χ2v) is 6.08. The van der Waals surface area contributed by atoms with E-state index in [1.54, 1.807) is 40.7 Å². The number of nitrogens with one attached hydrogen (secondary N) is 1. The summed E-state index contributed by atoms with van der Waals surface area (Å²) in [5.41, 5.74) is 1.85. The zero-order valence-corrected chi connectivity index (χ0v) is 15.8. The van der Waals surface area contributed by atoms with E-state index in [-0.39, 0.29) is 17.9 Å². The number of aromatic amines is 1. The van der Waals surface area contributed by atoms with Crippen LogP contribution in [0.1, 0.15) is 67.8 Å². The molecule has 0 radical (unpaired) electrons. The predicted molar refractivity (Wildman–Crippen MR) is 93.6 cm³/mol. The van der Waals surface area contributed by atoms with Gasteiger partial charge in [-0.2, -0.15) is 0 Å². The van der Waals surface area contributed by atoms with Gasteiger partial charge in [-0.3, -0.25) is 4.79 Å². The van der Waals surface area contributed by atoms with E-state index in [0.29, 0.717) is 28.3 Å². The molecule has 0 saturated heterocycles. The number of rotatable bonds is 6. The minimum Gasteiger partial charge on any atom is -0.466 e. The molecule has 2 aromatic rings. The molecular weight excluding hydrogens is 338 g/mol. The minimum absolute atomic E-state index is 0.228. The summed E-state index contributed by atoms with van der Waals surface area (Å²) in [6.07, 6.45) is -1.02. The summed E-state index contributed by atoms with van der Waals surface area (Å²) in [5, 5.41) is 0. The maximum absolute atomic E-state index is 12.7. The molecule has 0 aliphatic heterocycles. The molecule has 2 aromatic heterocycles. The lowest BCUT2D eigenvalue weighted by atomic mass is 10.1. The van der Waals surface area contributed by atoms with Gasteiger partial charge in [0.05, 0.1) is 17.9 Å². The average molecular weight is 361 g/mol. The van der Waals surface area contributed by atoms with Gasteiger partial charge in [-0.25, -0.2) is 9.59 Å². The Hall–Kier alpha value is -2.83. The van der Waals surface area contributed by atoms with Crippen LogP contribution in [-0.4, -0.2) is 35.4 Å². The SMILES string of the molecule is CCOC(=O)c1c(C)[nH]c(C(=O)C(C)OC(=O)c2cc(C)oc2C)c1C. The summed E-state index contributed by atoms with van der Waals surface area (Å²) in [6.45, 7) is 10.2. The Morgan fingerprint density at radius 3 is 2.35 bits per heavy atom. The van der Waals surface area contributed by atoms with Crippen molar-refractivity contribution in [2.24, 2.45) is 0 Å². The van der Waals surface area contributed by atoms with Gasteiger partial charge in [0.25, 0.3) is 0 Å². The predicted octanol–water partition coefficient (Wildman–Crippen LogP) is 3.45. The summed E-state index contributed by atoms with van der Waals surface area (Å²) < 4.78 is 15.6. The summed E-state index contributed by atoms with van der Waals surface area (Å²) in [5.74, 6) is -0.530. The molecule has 2 heterocycles. The standard InChI is InChI=1S/C19H23NO6/c1-7-24-19(23)15-10(3)16(20-11(15)4)17(21)13(6)26-18(22)14-8-9(2)25-12(14)5/h8,13,20H,7H2,1-6H3. The Kier molecular flexibility index (Phi) is 5.69. The largest absolute Gasteiger partial charge is 0.466 e. The van der Waals surface area contributed by atoms with Crippen LogP contribution in [0.25, 0.3) is 0 Å². The fourth-order valence-electron chi connectivity index (χ4n) is 2.82. The van der Waals surface area contributed by atoms with Crippen LogP contribution in [0.3, 0.4) is 0 Å². The lowest BCUT2D eigenvalue weighted by Crippen LogP contribution is -2.25. The molecule has 1 N–H and O–H groups in total. The van der Waals surface area contributed by atoms with Gasteiger partial charge in [-0.05, 0) is 53.2 Å². The number of furan rings is 1. The van der Waals surface area contributed by atoms with Gasteiger partial charge in [-0.1, -0.05) is 0 Å². The molecule has 0 aliphatic rings. The first-order chi connectivity index (χ1) is 12.2. The molecule has 7 nitrogen and oxygen atoms in total.